The van der Waals surface area contributed by atoms with Gasteiger partial charge in [0.25, 0.3) is 0 Å². The Morgan fingerprint density at radius 2 is 1.74 bits per heavy atom. The topological polar surface area (TPSA) is 88.3 Å². The standard InChI is InChI=1S/C9H6N2O2.C4H10O2/c1-7-8(10-5-12)3-2-4-9(7)11-6-13;1-2-6-4-3-5/h2-4H,1H3;5H,2-4H2,1H3. The first kappa shape index (κ1) is 16.9. The zero-order valence-electron chi connectivity index (χ0n) is 10.9. The van der Waals surface area contributed by atoms with Gasteiger partial charge < -0.3 is 9.84 Å². The Morgan fingerprint density at radius 3 is 2.05 bits per heavy atom. The van der Waals surface area contributed by atoms with Crippen LogP contribution in [0.25, 0.3) is 0 Å². The number of aliphatic imine (C=N–C) groups is 2. The first-order valence-corrected chi connectivity index (χ1v) is 5.65. The minimum atomic E-state index is 0.133. The van der Waals surface area contributed by atoms with Crippen LogP contribution in [0.5, 0.6) is 0 Å². The van der Waals surface area contributed by atoms with Crippen LogP contribution < -0.4 is 0 Å². The number of carbonyl (C=O) groups excluding carboxylic acids is 2. The van der Waals surface area contributed by atoms with Gasteiger partial charge in [0.1, 0.15) is 0 Å². The van der Waals surface area contributed by atoms with Gasteiger partial charge in [-0.2, -0.15) is 9.98 Å². The lowest BCUT2D eigenvalue weighted by Gasteiger charge is -1.99. The van der Waals surface area contributed by atoms with Gasteiger partial charge in [0, 0.05) is 12.2 Å². The fourth-order valence-electron chi connectivity index (χ4n) is 1.16. The van der Waals surface area contributed by atoms with Crippen molar-refractivity contribution < 1.29 is 19.4 Å². The summed E-state index contributed by atoms with van der Waals surface area (Å²) >= 11 is 0. The fourth-order valence-corrected chi connectivity index (χ4v) is 1.16. The Morgan fingerprint density at radius 1 is 1.21 bits per heavy atom. The molecule has 0 fully saturated rings. The Balaban J connectivity index is 0.000000459. The predicted molar refractivity (Wildman–Crippen MR) is 70.3 cm³/mol. The summed E-state index contributed by atoms with van der Waals surface area (Å²) in [7, 11) is 0. The molecule has 0 saturated carbocycles. The van der Waals surface area contributed by atoms with Gasteiger partial charge in [-0.1, -0.05) is 6.07 Å². The predicted octanol–water partition coefficient (Wildman–Crippen LogP) is 1.94. The molecule has 0 aromatic heterocycles. The van der Waals surface area contributed by atoms with Crippen LogP contribution in [0, 0.1) is 6.92 Å². The molecular formula is C13H16N2O4. The van der Waals surface area contributed by atoms with Crippen molar-refractivity contribution >= 4 is 23.5 Å². The molecule has 1 aromatic rings. The second-order valence-corrected chi connectivity index (χ2v) is 3.25. The van der Waals surface area contributed by atoms with E-state index in [1.54, 1.807) is 25.1 Å². The second-order valence-electron chi connectivity index (χ2n) is 3.25. The van der Waals surface area contributed by atoms with E-state index in [2.05, 4.69) is 9.98 Å². The molecule has 1 rings (SSSR count). The third kappa shape index (κ3) is 7.03. The van der Waals surface area contributed by atoms with E-state index in [9.17, 15) is 9.59 Å². The second kappa shape index (κ2) is 11.0. The third-order valence-electron chi connectivity index (χ3n) is 2.05. The van der Waals surface area contributed by atoms with Gasteiger partial charge in [-0.25, -0.2) is 9.59 Å². The van der Waals surface area contributed by atoms with E-state index in [1.165, 1.54) is 12.2 Å². The van der Waals surface area contributed by atoms with E-state index in [4.69, 9.17) is 9.84 Å². The van der Waals surface area contributed by atoms with Crippen molar-refractivity contribution in [2.75, 3.05) is 19.8 Å². The smallest absolute Gasteiger partial charge is 0.240 e. The van der Waals surface area contributed by atoms with Gasteiger partial charge in [0.2, 0.25) is 12.2 Å². The maximum Gasteiger partial charge on any atom is 0.240 e. The van der Waals surface area contributed by atoms with Crippen LogP contribution in [0.2, 0.25) is 0 Å². The van der Waals surface area contributed by atoms with Crippen LogP contribution in [0.4, 0.5) is 11.4 Å². The van der Waals surface area contributed by atoms with E-state index in [1.807, 2.05) is 6.92 Å². The lowest BCUT2D eigenvalue weighted by atomic mass is 10.1. The van der Waals surface area contributed by atoms with Crippen molar-refractivity contribution in [3.8, 4) is 0 Å². The average Bonchev–Trinajstić information content (AvgIpc) is 2.42. The summed E-state index contributed by atoms with van der Waals surface area (Å²) in [4.78, 5) is 26.9. The summed E-state index contributed by atoms with van der Waals surface area (Å²) in [6, 6.07) is 4.94. The van der Waals surface area contributed by atoms with Gasteiger partial charge in [-0.15, -0.1) is 0 Å². The molecule has 1 aromatic carbocycles. The number of hydrogen-bond donors (Lipinski definition) is 1. The molecule has 0 aliphatic carbocycles. The molecule has 1 N–H and O–H groups in total. The highest BCUT2D eigenvalue weighted by atomic mass is 16.5. The fraction of sp³-hybridized carbons (Fsp3) is 0.385. The van der Waals surface area contributed by atoms with E-state index in [0.717, 1.165) is 0 Å². The maximum atomic E-state index is 10.00. The lowest BCUT2D eigenvalue weighted by molar-refractivity contribution is 0.102. The normalized spacial score (nSPS) is 8.58. The van der Waals surface area contributed by atoms with Crippen LogP contribution in [-0.2, 0) is 14.3 Å². The quantitative estimate of drug-likeness (QED) is 0.500. The van der Waals surface area contributed by atoms with Gasteiger partial charge >= 0.3 is 0 Å². The molecule has 0 amide bonds. The van der Waals surface area contributed by atoms with Crippen molar-refractivity contribution in [1.29, 1.82) is 0 Å². The highest BCUT2D eigenvalue weighted by Crippen LogP contribution is 2.26. The highest BCUT2D eigenvalue weighted by Gasteiger charge is 2.00. The first-order valence-electron chi connectivity index (χ1n) is 5.65. The van der Waals surface area contributed by atoms with Crippen LogP contribution in [0.3, 0.4) is 0 Å². The molecular weight excluding hydrogens is 248 g/mol. The Kier molecular flexibility index (Phi) is 9.80. The largest absolute Gasteiger partial charge is 0.394 e. The van der Waals surface area contributed by atoms with Crippen LogP contribution in [0.15, 0.2) is 28.2 Å². The molecule has 0 atom stereocenters. The maximum absolute atomic E-state index is 10.00. The van der Waals surface area contributed by atoms with Crippen molar-refractivity contribution in [1.82, 2.24) is 0 Å². The van der Waals surface area contributed by atoms with Crippen molar-refractivity contribution in [2.45, 2.75) is 13.8 Å². The molecule has 0 bridgehead atoms. The van der Waals surface area contributed by atoms with Crippen molar-refractivity contribution in [3.05, 3.63) is 23.8 Å². The zero-order chi connectivity index (χ0) is 14.5. The van der Waals surface area contributed by atoms with Gasteiger partial charge in [-0.3, -0.25) is 0 Å². The minimum absolute atomic E-state index is 0.133. The highest BCUT2D eigenvalue weighted by molar-refractivity contribution is 5.64. The SMILES string of the molecule is CCOCCO.Cc1c(N=C=O)cccc1N=C=O. The zero-order valence-corrected chi connectivity index (χ0v) is 10.9. The van der Waals surface area contributed by atoms with Gasteiger partial charge in [-0.05, 0) is 26.0 Å². The number of aliphatic hydroxyl groups excluding tert-OH is 1. The van der Waals surface area contributed by atoms with E-state index >= 15 is 0 Å². The molecule has 0 spiro atoms. The van der Waals surface area contributed by atoms with E-state index in [0.29, 0.717) is 30.2 Å². The number of hydrogen-bond acceptors (Lipinski definition) is 6. The monoisotopic (exact) mass is 264 g/mol. The molecule has 102 valence electrons. The number of aliphatic hydroxyl groups is 1. The van der Waals surface area contributed by atoms with Crippen LogP contribution in [0.1, 0.15) is 12.5 Å². The molecule has 6 heteroatoms. The molecule has 0 aliphatic heterocycles. The molecule has 0 unspecified atom stereocenters. The molecule has 0 aliphatic rings. The summed E-state index contributed by atoms with van der Waals surface area (Å²) in [5.41, 5.74) is 1.59. The minimum Gasteiger partial charge on any atom is -0.394 e. The van der Waals surface area contributed by atoms with E-state index < -0.39 is 0 Å². The third-order valence-corrected chi connectivity index (χ3v) is 2.05. The number of benzene rings is 1. The van der Waals surface area contributed by atoms with Crippen molar-refractivity contribution in [3.63, 3.8) is 0 Å². The molecule has 0 heterocycles. The molecule has 0 radical (unpaired) electrons. The molecule has 0 saturated heterocycles. The first-order chi connectivity index (χ1) is 9.21. The van der Waals surface area contributed by atoms with E-state index in [-0.39, 0.29) is 6.61 Å². The lowest BCUT2D eigenvalue weighted by Crippen LogP contribution is -1.96. The summed E-state index contributed by atoms with van der Waals surface area (Å²) in [6.07, 6.45) is 2.86. The van der Waals surface area contributed by atoms with Crippen LogP contribution in [-0.4, -0.2) is 37.1 Å². The average molecular weight is 264 g/mol. The summed E-state index contributed by atoms with van der Waals surface area (Å²) in [5.74, 6) is 0. The Labute approximate surface area is 111 Å². The van der Waals surface area contributed by atoms with Gasteiger partial charge in [0.05, 0.1) is 24.6 Å². The summed E-state index contributed by atoms with van der Waals surface area (Å²) in [6.45, 7) is 4.91. The number of isocyanates is 2. The number of nitrogens with zero attached hydrogens (tertiary/aromatic N) is 2. The molecule has 6 nitrogen and oxygen atoms in total. The molecule has 19 heavy (non-hydrogen) atoms. The van der Waals surface area contributed by atoms with Gasteiger partial charge in [0.15, 0.2) is 0 Å². The number of rotatable bonds is 5. The summed E-state index contributed by atoms with van der Waals surface area (Å²) < 4.78 is 4.73. The van der Waals surface area contributed by atoms with Crippen LogP contribution >= 0.6 is 0 Å². The number of ether oxygens (including phenoxy) is 1. The van der Waals surface area contributed by atoms with Crippen molar-refractivity contribution in [2.24, 2.45) is 9.98 Å². The Bertz CT molecular complexity index is 435. The summed E-state index contributed by atoms with van der Waals surface area (Å²) in [5, 5.41) is 8.07. The Hall–Kier alpha value is -2.10.